The van der Waals surface area contributed by atoms with Gasteiger partial charge in [-0.05, 0) is 30.9 Å². The fourth-order valence-electron chi connectivity index (χ4n) is 4.81. The smallest absolute Gasteiger partial charge is 0.373 e. The van der Waals surface area contributed by atoms with Crippen LogP contribution in [0.4, 0.5) is 5.69 Å². The van der Waals surface area contributed by atoms with Crippen molar-refractivity contribution in [3.63, 3.8) is 0 Å². The highest BCUT2D eigenvalue weighted by molar-refractivity contribution is 6.12. The van der Waals surface area contributed by atoms with E-state index in [1.165, 1.54) is 19.9 Å². The summed E-state index contributed by atoms with van der Waals surface area (Å²) in [4.78, 5) is 90.5. The lowest BCUT2D eigenvalue weighted by atomic mass is 9.76. The summed E-state index contributed by atoms with van der Waals surface area (Å²) in [6.07, 6.45) is 2.69. The van der Waals surface area contributed by atoms with Crippen LogP contribution < -0.4 is 10.6 Å². The number of rotatable bonds is 9. The maximum Gasteiger partial charge on any atom is 0.373 e. The number of hydrogen-bond donors (Lipinski definition) is 2. The summed E-state index contributed by atoms with van der Waals surface area (Å²) in [7, 11) is 0. The molecule has 0 radical (unpaired) electrons. The van der Waals surface area contributed by atoms with Crippen LogP contribution in [-0.2, 0) is 62.4 Å². The number of nitrogens with one attached hydrogen (secondary N) is 2. The van der Waals surface area contributed by atoms with Gasteiger partial charge in [-0.15, -0.1) is 0 Å². The monoisotopic (exact) mass is 627 g/mol. The Morgan fingerprint density at radius 2 is 1.42 bits per heavy atom. The SMILES string of the molecule is CCC(CC)(Cc1ccccc1[N+](=O)[O-])NC(C)=O.CCOC(=O)C1(NC(C)=O)Cc2ccccc2CC1=O.O=C=O.O=C=O. The number of hydrogen-bond acceptors (Lipinski definition) is 11. The van der Waals surface area contributed by atoms with Gasteiger partial charge in [0.15, 0.2) is 5.78 Å². The molecule has 0 aliphatic heterocycles. The number of nitrogens with zero attached hydrogens (tertiary/aromatic N) is 1. The highest BCUT2D eigenvalue weighted by Crippen LogP contribution is 2.28. The number of benzene rings is 2. The van der Waals surface area contributed by atoms with Gasteiger partial charge in [-0.25, -0.2) is 4.79 Å². The zero-order chi connectivity index (χ0) is 34.6. The second-order valence-electron chi connectivity index (χ2n) is 9.75. The second-order valence-corrected chi connectivity index (χ2v) is 9.75. The van der Waals surface area contributed by atoms with E-state index in [1.54, 1.807) is 25.1 Å². The van der Waals surface area contributed by atoms with Crippen molar-refractivity contribution < 1.29 is 48.0 Å². The number of Topliss-reactive ketones (excluding diaryl/α,β-unsaturated/α-hetero) is 1. The molecule has 242 valence electrons. The van der Waals surface area contributed by atoms with Crippen molar-refractivity contribution in [3.8, 4) is 0 Å². The largest absolute Gasteiger partial charge is 0.464 e. The van der Waals surface area contributed by atoms with Crippen LogP contribution in [0, 0.1) is 10.1 Å². The summed E-state index contributed by atoms with van der Waals surface area (Å²) in [6, 6.07) is 14.1. The van der Waals surface area contributed by atoms with Crippen LogP contribution in [0.15, 0.2) is 48.5 Å². The van der Waals surface area contributed by atoms with Gasteiger partial charge in [0.1, 0.15) is 0 Å². The van der Waals surface area contributed by atoms with Gasteiger partial charge in [0.2, 0.25) is 17.4 Å². The predicted molar refractivity (Wildman–Crippen MR) is 156 cm³/mol. The third-order valence-electron chi connectivity index (χ3n) is 6.93. The van der Waals surface area contributed by atoms with E-state index in [1.807, 2.05) is 38.1 Å². The molecular formula is C31H37N3O11. The maximum absolute atomic E-state index is 12.4. The molecule has 45 heavy (non-hydrogen) atoms. The van der Waals surface area contributed by atoms with Gasteiger partial charge >= 0.3 is 18.3 Å². The molecular weight excluding hydrogens is 590 g/mol. The maximum atomic E-state index is 12.4. The molecule has 0 saturated heterocycles. The molecule has 1 aliphatic carbocycles. The summed E-state index contributed by atoms with van der Waals surface area (Å²) in [5.41, 5.74) is 0.537. The first-order valence-corrected chi connectivity index (χ1v) is 13.8. The van der Waals surface area contributed by atoms with Crippen molar-refractivity contribution in [1.82, 2.24) is 10.6 Å². The molecule has 2 aromatic rings. The molecule has 3 rings (SSSR count). The first-order chi connectivity index (χ1) is 21.3. The molecule has 1 aliphatic rings. The standard InChI is InChI=1S/C15H17NO4.C14H20N2O3.2CO2/c1-3-20-14(19)15(16-10(2)17)9-12-7-5-4-6-11(12)8-13(15)18;1-4-14(5-2,15-11(3)17)10-12-8-6-7-9-13(12)16(18)19;2*2-1-3/h4-7H,3,8-9H2,1-2H3,(H,16,17);6-9H,4-5,10H2,1-3H3,(H,15,17);;. The number of esters is 1. The van der Waals surface area contributed by atoms with E-state index in [0.717, 1.165) is 24.0 Å². The Morgan fingerprint density at radius 3 is 1.89 bits per heavy atom. The molecule has 1 unspecified atom stereocenters. The quantitative estimate of drug-likeness (QED) is 0.178. The molecule has 0 fully saturated rings. The second kappa shape index (κ2) is 19.8. The van der Waals surface area contributed by atoms with Crippen molar-refractivity contribution in [2.24, 2.45) is 0 Å². The molecule has 2 aromatic carbocycles. The molecule has 2 N–H and O–H groups in total. The van der Waals surface area contributed by atoms with Gasteiger partial charge in [0.25, 0.3) is 5.69 Å². The highest BCUT2D eigenvalue weighted by atomic mass is 16.6. The van der Waals surface area contributed by atoms with Crippen molar-refractivity contribution in [3.05, 3.63) is 75.3 Å². The summed E-state index contributed by atoms with van der Waals surface area (Å²) < 4.78 is 5.00. The van der Waals surface area contributed by atoms with Crippen LogP contribution in [-0.4, -0.2) is 58.5 Å². The lowest BCUT2D eigenvalue weighted by Crippen LogP contribution is -2.63. The summed E-state index contributed by atoms with van der Waals surface area (Å²) in [5.74, 6) is -1.55. The Morgan fingerprint density at radius 1 is 0.911 bits per heavy atom. The average Bonchev–Trinajstić information content (AvgIpc) is 2.98. The number of ketones is 1. The van der Waals surface area contributed by atoms with Crippen LogP contribution in [0.5, 0.6) is 0 Å². The van der Waals surface area contributed by atoms with E-state index in [-0.39, 0.29) is 54.1 Å². The molecule has 0 spiro atoms. The number of carbonyl (C=O) groups is 4. The summed E-state index contributed by atoms with van der Waals surface area (Å²) >= 11 is 0. The lowest BCUT2D eigenvalue weighted by Gasteiger charge is -2.34. The fourth-order valence-corrected chi connectivity index (χ4v) is 4.81. The van der Waals surface area contributed by atoms with Crippen molar-refractivity contribution >= 4 is 41.6 Å². The molecule has 14 nitrogen and oxygen atoms in total. The third-order valence-corrected chi connectivity index (χ3v) is 6.93. The molecule has 1 atom stereocenters. The minimum absolute atomic E-state index is 0.109. The topological polar surface area (TPSA) is 213 Å². The van der Waals surface area contributed by atoms with E-state index in [4.69, 9.17) is 23.9 Å². The van der Waals surface area contributed by atoms with Crippen molar-refractivity contribution in [2.45, 2.75) is 77.8 Å². The van der Waals surface area contributed by atoms with Crippen molar-refractivity contribution in [2.75, 3.05) is 6.61 Å². The number of nitro groups is 1. The van der Waals surface area contributed by atoms with E-state index in [2.05, 4.69) is 10.6 Å². The van der Waals surface area contributed by atoms with E-state index >= 15 is 0 Å². The molecule has 0 bridgehead atoms. The minimum Gasteiger partial charge on any atom is -0.464 e. The average molecular weight is 628 g/mol. The number of fused-ring (bicyclic) bond motifs is 1. The molecule has 2 amide bonds. The van der Waals surface area contributed by atoms with Crippen LogP contribution in [0.25, 0.3) is 0 Å². The Balaban J connectivity index is 0.000000733. The number of ether oxygens (including phenoxy) is 1. The first kappa shape index (κ1) is 39.7. The predicted octanol–water partition coefficient (Wildman–Crippen LogP) is 2.46. The van der Waals surface area contributed by atoms with Crippen LogP contribution in [0.2, 0.25) is 0 Å². The van der Waals surface area contributed by atoms with Crippen LogP contribution in [0.1, 0.15) is 64.2 Å². The molecule has 0 heterocycles. The number of carbonyl (C=O) groups excluding carboxylic acids is 8. The minimum atomic E-state index is -1.59. The van der Waals surface area contributed by atoms with Crippen LogP contribution in [0.3, 0.4) is 0 Å². The van der Waals surface area contributed by atoms with E-state index in [9.17, 15) is 29.3 Å². The Kier molecular flexibility index (Phi) is 17.4. The molecule has 14 heteroatoms. The lowest BCUT2D eigenvalue weighted by molar-refractivity contribution is -0.385. The zero-order valence-corrected chi connectivity index (χ0v) is 25.8. The molecule has 0 saturated carbocycles. The van der Waals surface area contributed by atoms with Gasteiger partial charge in [-0.1, -0.05) is 56.3 Å². The fraction of sp³-hybridized carbons (Fsp3) is 0.419. The van der Waals surface area contributed by atoms with Gasteiger partial charge in [0, 0.05) is 50.3 Å². The van der Waals surface area contributed by atoms with Gasteiger partial charge in [0.05, 0.1) is 11.5 Å². The zero-order valence-electron chi connectivity index (χ0n) is 25.8. The number of para-hydroxylation sites is 1. The number of nitro benzene ring substituents is 1. The normalized spacial score (nSPS) is 14.4. The summed E-state index contributed by atoms with van der Waals surface area (Å²) in [6.45, 7) is 8.55. The van der Waals surface area contributed by atoms with Gasteiger partial charge in [-0.2, -0.15) is 19.2 Å². The van der Waals surface area contributed by atoms with Gasteiger partial charge in [-0.3, -0.25) is 24.5 Å². The molecule has 0 aromatic heterocycles. The Bertz CT molecular complexity index is 1390. The highest BCUT2D eigenvalue weighted by Gasteiger charge is 2.50. The third kappa shape index (κ3) is 12.1. The van der Waals surface area contributed by atoms with E-state index < -0.39 is 23.0 Å². The number of amides is 2. The summed E-state index contributed by atoms with van der Waals surface area (Å²) in [5, 5.41) is 16.5. The first-order valence-electron chi connectivity index (χ1n) is 13.8. The van der Waals surface area contributed by atoms with E-state index in [0.29, 0.717) is 12.0 Å². The van der Waals surface area contributed by atoms with Crippen molar-refractivity contribution in [1.29, 1.82) is 0 Å². The Hall–Kier alpha value is -5.32. The van der Waals surface area contributed by atoms with Gasteiger partial charge < -0.3 is 15.4 Å². The Labute approximate surface area is 260 Å². The van der Waals surface area contributed by atoms with Crippen LogP contribution >= 0.6 is 0 Å².